The van der Waals surface area contributed by atoms with Crippen LogP contribution in [-0.2, 0) is 20.9 Å². The molecule has 186 valence electrons. The predicted molar refractivity (Wildman–Crippen MR) is 129 cm³/mol. The molecule has 2 amide bonds. The fourth-order valence-corrected chi connectivity index (χ4v) is 3.99. The van der Waals surface area contributed by atoms with Crippen molar-refractivity contribution in [3.8, 4) is 10.9 Å². The second-order valence-electron chi connectivity index (χ2n) is 8.30. The molecule has 0 bridgehead atoms. The van der Waals surface area contributed by atoms with Gasteiger partial charge in [-0.25, -0.2) is 0 Å². The van der Waals surface area contributed by atoms with Gasteiger partial charge in [-0.15, -0.1) is 0 Å². The van der Waals surface area contributed by atoms with Crippen molar-refractivity contribution in [1.82, 2.24) is 24.0 Å². The third-order valence-electron chi connectivity index (χ3n) is 5.37. The number of hydrogen-bond acceptors (Lipinski definition) is 9. The van der Waals surface area contributed by atoms with Gasteiger partial charge in [0.25, 0.3) is 11.1 Å². The minimum atomic E-state index is -0.640. The minimum absolute atomic E-state index is 0.0496. The molecule has 1 aliphatic heterocycles. The van der Waals surface area contributed by atoms with Crippen LogP contribution in [0.5, 0.6) is 10.9 Å². The van der Waals surface area contributed by atoms with E-state index < -0.39 is 6.10 Å². The van der Waals surface area contributed by atoms with Crippen molar-refractivity contribution in [3.63, 3.8) is 0 Å². The van der Waals surface area contributed by atoms with E-state index >= 15 is 0 Å². The molecule has 0 radical (unpaired) electrons. The Morgan fingerprint density at radius 2 is 2.09 bits per heavy atom. The third kappa shape index (κ3) is 6.99. The highest BCUT2D eigenvalue weighted by Crippen LogP contribution is 2.23. The first-order chi connectivity index (χ1) is 16.9. The molecule has 1 aromatic carbocycles. The smallest absolute Gasteiger partial charge is 0.293 e. The summed E-state index contributed by atoms with van der Waals surface area (Å²) >= 11 is 1.17. The fraction of sp³-hybridized carbons (Fsp3) is 0.435. The van der Waals surface area contributed by atoms with E-state index in [-0.39, 0.29) is 24.5 Å². The Bertz CT molecular complexity index is 1150. The number of nitrogens with one attached hydrogen (secondary N) is 1. The number of carbonyl (C=O) groups excluding carboxylic acids is 2. The molecule has 0 saturated carbocycles. The summed E-state index contributed by atoms with van der Waals surface area (Å²) in [6.07, 6.45) is 2.62. The van der Waals surface area contributed by atoms with Gasteiger partial charge < -0.3 is 24.4 Å². The van der Waals surface area contributed by atoms with Gasteiger partial charge in [-0.1, -0.05) is 17.7 Å². The van der Waals surface area contributed by atoms with E-state index in [9.17, 15) is 9.59 Å². The van der Waals surface area contributed by atoms with Crippen molar-refractivity contribution in [2.45, 2.75) is 39.0 Å². The van der Waals surface area contributed by atoms with E-state index in [2.05, 4.69) is 19.8 Å². The molecule has 4 rings (SSSR count). The van der Waals surface area contributed by atoms with Gasteiger partial charge in [0.2, 0.25) is 5.91 Å². The van der Waals surface area contributed by atoms with Crippen molar-refractivity contribution in [1.29, 1.82) is 0 Å². The average molecular weight is 501 g/mol. The number of nitrogens with zero attached hydrogens (tertiary/aromatic N) is 5. The highest BCUT2D eigenvalue weighted by atomic mass is 32.1. The van der Waals surface area contributed by atoms with Crippen molar-refractivity contribution in [2.24, 2.45) is 0 Å². The molecule has 3 aromatic rings. The van der Waals surface area contributed by atoms with Gasteiger partial charge in [-0.05, 0) is 26.0 Å². The lowest BCUT2D eigenvalue weighted by Crippen LogP contribution is -2.33. The zero-order valence-corrected chi connectivity index (χ0v) is 20.7. The molecule has 2 aromatic heterocycles. The monoisotopic (exact) mass is 500 g/mol. The maximum absolute atomic E-state index is 12.6. The van der Waals surface area contributed by atoms with Crippen molar-refractivity contribution < 1.29 is 23.8 Å². The molecule has 1 aliphatic rings. The number of hydrogen-bond donors (Lipinski definition) is 1. The highest BCUT2D eigenvalue weighted by Gasteiger charge is 2.33. The molecule has 2 atom stereocenters. The SMILES string of the molecule is Cc1ccc(OCCN(C)C(=O)Cn2cc(NC(=O)C3CC(Oc4nc(C)ns4)CO3)cn2)cc1. The second kappa shape index (κ2) is 11.3. The van der Waals surface area contributed by atoms with E-state index in [1.165, 1.54) is 22.4 Å². The van der Waals surface area contributed by atoms with Gasteiger partial charge in [0.15, 0.2) is 0 Å². The fourth-order valence-electron chi connectivity index (χ4n) is 3.39. The van der Waals surface area contributed by atoms with Gasteiger partial charge >= 0.3 is 0 Å². The molecular formula is C23H28N6O5S. The van der Waals surface area contributed by atoms with Gasteiger partial charge in [0, 0.05) is 31.2 Å². The molecule has 0 aliphatic carbocycles. The van der Waals surface area contributed by atoms with Crippen LogP contribution in [0.4, 0.5) is 5.69 Å². The largest absolute Gasteiger partial charge is 0.492 e. The standard InChI is InChI=1S/C23H28N6O5S/c1-15-4-6-18(7-5-15)32-9-8-28(3)21(30)13-29-12-17(11-24-29)26-22(31)20-10-19(14-33-20)34-23-25-16(2)27-35-23/h4-7,11-12,19-20H,8-10,13-14H2,1-3H3,(H,26,31). The summed E-state index contributed by atoms with van der Waals surface area (Å²) in [5, 5.41) is 7.42. The lowest BCUT2D eigenvalue weighted by molar-refractivity contribution is -0.131. The van der Waals surface area contributed by atoms with Crippen LogP contribution >= 0.6 is 11.5 Å². The van der Waals surface area contributed by atoms with Crippen LogP contribution in [0, 0.1) is 13.8 Å². The molecule has 3 heterocycles. The number of amides is 2. The van der Waals surface area contributed by atoms with Crippen molar-refractivity contribution >= 4 is 29.0 Å². The minimum Gasteiger partial charge on any atom is -0.492 e. The zero-order valence-electron chi connectivity index (χ0n) is 19.8. The van der Waals surface area contributed by atoms with E-state index in [1.54, 1.807) is 25.1 Å². The summed E-state index contributed by atoms with van der Waals surface area (Å²) in [5.74, 6) is 1.00. The molecule has 35 heavy (non-hydrogen) atoms. The zero-order chi connectivity index (χ0) is 24.8. The quantitative estimate of drug-likeness (QED) is 0.449. The molecule has 12 heteroatoms. The summed E-state index contributed by atoms with van der Waals surface area (Å²) in [6, 6.07) is 7.76. The Kier molecular flexibility index (Phi) is 7.93. The van der Waals surface area contributed by atoms with E-state index in [0.29, 0.717) is 42.9 Å². The van der Waals surface area contributed by atoms with E-state index in [1.807, 2.05) is 31.2 Å². The molecule has 1 saturated heterocycles. The molecule has 1 N–H and O–H groups in total. The van der Waals surface area contributed by atoms with Crippen LogP contribution in [-0.4, -0.2) is 74.9 Å². The Balaban J connectivity index is 1.18. The van der Waals surface area contributed by atoms with Crippen LogP contribution in [0.1, 0.15) is 17.8 Å². The second-order valence-corrected chi connectivity index (χ2v) is 9.01. The first-order valence-corrected chi connectivity index (χ1v) is 12.0. The van der Waals surface area contributed by atoms with E-state index in [4.69, 9.17) is 14.2 Å². The van der Waals surface area contributed by atoms with E-state index in [0.717, 1.165) is 11.3 Å². The summed E-state index contributed by atoms with van der Waals surface area (Å²) in [4.78, 5) is 30.8. The van der Waals surface area contributed by atoms with Gasteiger partial charge in [0.05, 0.1) is 25.0 Å². The van der Waals surface area contributed by atoms with Crippen LogP contribution in [0.2, 0.25) is 0 Å². The van der Waals surface area contributed by atoms with Crippen molar-refractivity contribution in [3.05, 3.63) is 48.0 Å². The number of likely N-dealkylation sites (N-methyl/N-ethyl adjacent to an activating group) is 1. The van der Waals surface area contributed by atoms with Crippen molar-refractivity contribution in [2.75, 3.05) is 32.1 Å². The Morgan fingerprint density at radius 3 is 2.83 bits per heavy atom. The number of ether oxygens (including phenoxy) is 3. The number of anilines is 1. The lowest BCUT2D eigenvalue weighted by Gasteiger charge is -2.17. The Labute approximate surface area is 207 Å². The van der Waals surface area contributed by atoms with Gasteiger partial charge in [-0.2, -0.15) is 14.5 Å². The van der Waals surface area contributed by atoms with Crippen LogP contribution in [0.25, 0.3) is 0 Å². The molecule has 2 unspecified atom stereocenters. The Hall–Kier alpha value is -3.51. The van der Waals surface area contributed by atoms with Crippen LogP contribution in [0.3, 0.4) is 0 Å². The summed E-state index contributed by atoms with van der Waals surface area (Å²) in [5.41, 5.74) is 1.65. The molecule has 1 fully saturated rings. The number of rotatable bonds is 10. The normalized spacial score (nSPS) is 17.2. The molecular weight excluding hydrogens is 472 g/mol. The summed E-state index contributed by atoms with van der Waals surface area (Å²) in [6.45, 7) is 4.97. The Morgan fingerprint density at radius 1 is 1.29 bits per heavy atom. The summed E-state index contributed by atoms with van der Waals surface area (Å²) < 4.78 is 22.5. The number of benzene rings is 1. The molecule has 11 nitrogen and oxygen atoms in total. The maximum Gasteiger partial charge on any atom is 0.293 e. The third-order valence-corrected chi connectivity index (χ3v) is 6.07. The van der Waals surface area contributed by atoms with Crippen LogP contribution < -0.4 is 14.8 Å². The summed E-state index contributed by atoms with van der Waals surface area (Å²) in [7, 11) is 1.71. The number of aryl methyl sites for hydroxylation is 2. The maximum atomic E-state index is 12.6. The number of carbonyl (C=O) groups is 2. The predicted octanol–water partition coefficient (Wildman–Crippen LogP) is 2.06. The highest BCUT2D eigenvalue weighted by molar-refractivity contribution is 7.07. The molecule has 0 spiro atoms. The van der Waals surface area contributed by atoms with Crippen LogP contribution in [0.15, 0.2) is 36.7 Å². The topological polar surface area (TPSA) is 121 Å². The van der Waals surface area contributed by atoms with Gasteiger partial charge in [-0.3, -0.25) is 14.3 Å². The number of aromatic nitrogens is 4. The van der Waals surface area contributed by atoms with Gasteiger partial charge in [0.1, 0.15) is 36.9 Å². The first-order valence-electron chi connectivity index (χ1n) is 11.2. The lowest BCUT2D eigenvalue weighted by atomic mass is 10.2. The average Bonchev–Trinajstić information content (AvgIpc) is 3.57. The first kappa shape index (κ1) is 24.6.